The average molecular weight is 315 g/mol. The predicted octanol–water partition coefficient (Wildman–Crippen LogP) is 5.65. The van der Waals surface area contributed by atoms with Gasteiger partial charge in [-0.05, 0) is 29.8 Å². The molecule has 3 rings (SSSR count). The van der Waals surface area contributed by atoms with E-state index in [1.54, 1.807) is 30.6 Å². The first-order chi connectivity index (χ1) is 10.8. The minimum absolute atomic E-state index is 0.230. The molecule has 1 aromatic heterocycles. The minimum Gasteiger partial charge on any atom is -0.497 e. The molecule has 0 aliphatic rings. The summed E-state index contributed by atoms with van der Waals surface area (Å²) in [6.45, 7) is 4.00. The summed E-state index contributed by atoms with van der Waals surface area (Å²) in [6.07, 6.45) is 1.81. The monoisotopic (exact) mass is 315 g/mol. The highest BCUT2D eigenvalue weighted by Gasteiger charge is 2.07. The lowest BCUT2D eigenvalue weighted by Crippen LogP contribution is -1.82. The lowest BCUT2D eigenvalue weighted by molar-refractivity contribution is 0.415. The molecule has 0 saturated carbocycles. The maximum absolute atomic E-state index is 12.9. The van der Waals surface area contributed by atoms with Gasteiger partial charge in [-0.15, -0.1) is 11.3 Å². The molecule has 4 heteroatoms. The van der Waals surface area contributed by atoms with E-state index in [9.17, 15) is 4.39 Å². The van der Waals surface area contributed by atoms with Crippen molar-refractivity contribution >= 4 is 11.3 Å². The van der Waals surface area contributed by atoms with Gasteiger partial charge in [-0.25, -0.2) is 9.37 Å². The van der Waals surface area contributed by atoms with Crippen LogP contribution >= 0.6 is 11.3 Å². The normalized spacial score (nSPS) is 9.82. The second kappa shape index (κ2) is 7.71. The third kappa shape index (κ3) is 3.71. The highest BCUT2D eigenvalue weighted by atomic mass is 32.1. The van der Waals surface area contributed by atoms with Gasteiger partial charge in [-0.1, -0.05) is 38.1 Å². The van der Waals surface area contributed by atoms with Crippen molar-refractivity contribution in [3.05, 3.63) is 60.5 Å². The molecule has 0 saturated heterocycles. The van der Waals surface area contributed by atoms with Crippen LogP contribution in [0.5, 0.6) is 5.75 Å². The molecule has 0 fully saturated rings. The Morgan fingerprint density at radius 3 is 2.41 bits per heavy atom. The topological polar surface area (TPSA) is 22.1 Å². The zero-order valence-corrected chi connectivity index (χ0v) is 13.7. The molecule has 1 heterocycles. The maximum atomic E-state index is 12.9. The molecule has 0 bridgehead atoms. The molecule has 0 aliphatic carbocycles. The number of nitrogens with zero attached hydrogens (tertiary/aromatic N) is 1. The van der Waals surface area contributed by atoms with Crippen LogP contribution in [-0.2, 0) is 0 Å². The second-order valence-electron chi connectivity index (χ2n) is 4.27. The zero-order chi connectivity index (χ0) is 15.9. The van der Waals surface area contributed by atoms with E-state index >= 15 is 0 Å². The van der Waals surface area contributed by atoms with Gasteiger partial charge in [0.05, 0.1) is 12.0 Å². The smallest absolute Gasteiger partial charge is 0.124 e. The minimum atomic E-state index is -0.230. The summed E-state index contributed by atoms with van der Waals surface area (Å²) in [4.78, 5) is 5.45. The van der Waals surface area contributed by atoms with E-state index in [-0.39, 0.29) is 5.82 Å². The van der Waals surface area contributed by atoms with Gasteiger partial charge in [0, 0.05) is 11.8 Å². The van der Waals surface area contributed by atoms with Gasteiger partial charge < -0.3 is 4.74 Å². The van der Waals surface area contributed by atoms with Gasteiger partial charge in [-0.2, -0.15) is 0 Å². The van der Waals surface area contributed by atoms with Gasteiger partial charge >= 0.3 is 0 Å². The Hall–Kier alpha value is -2.20. The van der Waals surface area contributed by atoms with E-state index in [4.69, 9.17) is 4.74 Å². The first-order valence-electron chi connectivity index (χ1n) is 7.12. The van der Waals surface area contributed by atoms with E-state index in [1.165, 1.54) is 12.1 Å². The number of hydrogen-bond acceptors (Lipinski definition) is 3. The summed E-state index contributed by atoms with van der Waals surface area (Å²) in [5.41, 5.74) is 1.99. The number of thiazole rings is 1. The molecule has 0 unspecified atom stereocenters. The van der Waals surface area contributed by atoms with Crippen LogP contribution < -0.4 is 4.74 Å². The molecular formula is C18H18FNOS. The molecule has 2 nitrogen and oxygen atoms in total. The van der Waals surface area contributed by atoms with Crippen LogP contribution in [0.1, 0.15) is 13.8 Å². The fourth-order valence-corrected chi connectivity index (χ4v) is 2.83. The van der Waals surface area contributed by atoms with Crippen LogP contribution in [0.25, 0.3) is 21.0 Å². The van der Waals surface area contributed by atoms with E-state index in [0.29, 0.717) is 0 Å². The van der Waals surface area contributed by atoms with E-state index in [2.05, 4.69) is 4.98 Å². The molecule has 0 N–H and O–H groups in total. The fraction of sp³-hybridized carbons (Fsp3) is 0.167. The number of hydrogen-bond donors (Lipinski definition) is 0. The van der Waals surface area contributed by atoms with Crippen molar-refractivity contribution in [2.24, 2.45) is 0 Å². The number of aromatic nitrogens is 1. The predicted molar refractivity (Wildman–Crippen MR) is 90.8 cm³/mol. The quantitative estimate of drug-likeness (QED) is 0.623. The van der Waals surface area contributed by atoms with Crippen LogP contribution in [0, 0.1) is 5.82 Å². The number of rotatable bonds is 3. The molecule has 22 heavy (non-hydrogen) atoms. The molecule has 0 atom stereocenters. The first-order valence-corrected chi connectivity index (χ1v) is 7.94. The Morgan fingerprint density at radius 2 is 1.73 bits per heavy atom. The summed E-state index contributed by atoms with van der Waals surface area (Å²) in [5, 5.41) is 0.920. The lowest BCUT2D eigenvalue weighted by atomic mass is 10.2. The largest absolute Gasteiger partial charge is 0.497 e. The molecule has 114 valence electrons. The fourth-order valence-electron chi connectivity index (χ4n) is 1.91. The number of halogens is 1. The third-order valence-corrected chi connectivity index (χ3v) is 4.05. The van der Waals surface area contributed by atoms with Gasteiger partial charge in [0.1, 0.15) is 16.6 Å². The van der Waals surface area contributed by atoms with Gasteiger partial charge in [0.15, 0.2) is 0 Å². The third-order valence-electron chi connectivity index (χ3n) is 2.95. The highest BCUT2D eigenvalue weighted by molar-refractivity contribution is 7.18. The Labute approximate surface area is 134 Å². The van der Waals surface area contributed by atoms with Crippen molar-refractivity contribution in [2.75, 3.05) is 7.11 Å². The van der Waals surface area contributed by atoms with E-state index in [0.717, 1.165) is 26.8 Å². The number of methoxy groups -OCH3 is 1. The maximum Gasteiger partial charge on any atom is 0.124 e. The van der Waals surface area contributed by atoms with Gasteiger partial charge in [0.2, 0.25) is 0 Å². The van der Waals surface area contributed by atoms with Crippen molar-refractivity contribution in [2.45, 2.75) is 13.8 Å². The molecule has 0 spiro atoms. The van der Waals surface area contributed by atoms with Crippen LogP contribution in [0.3, 0.4) is 0 Å². The van der Waals surface area contributed by atoms with Crippen molar-refractivity contribution in [3.8, 4) is 26.8 Å². The molecule has 0 aliphatic heterocycles. The standard InChI is InChI=1S/C16H12FNOS.C2H6/c1-19-14-4-2-3-12(9-14)16-18-10-15(20-16)11-5-7-13(17)8-6-11;1-2/h2-10H,1H3;1-2H3. The average Bonchev–Trinajstić information content (AvgIpc) is 3.07. The molecule has 0 radical (unpaired) electrons. The zero-order valence-electron chi connectivity index (χ0n) is 12.8. The highest BCUT2D eigenvalue weighted by Crippen LogP contribution is 2.33. The van der Waals surface area contributed by atoms with Crippen molar-refractivity contribution in [1.82, 2.24) is 4.98 Å². The Balaban J connectivity index is 0.000000847. The molecule has 0 amide bonds. The summed E-state index contributed by atoms with van der Waals surface area (Å²) in [5.74, 6) is 0.576. The second-order valence-corrected chi connectivity index (χ2v) is 5.30. The van der Waals surface area contributed by atoms with Crippen molar-refractivity contribution in [3.63, 3.8) is 0 Å². The lowest BCUT2D eigenvalue weighted by Gasteiger charge is -2.01. The summed E-state index contributed by atoms with van der Waals surface area (Å²) >= 11 is 1.58. The van der Waals surface area contributed by atoms with Crippen LogP contribution in [0.2, 0.25) is 0 Å². The van der Waals surface area contributed by atoms with Crippen LogP contribution in [-0.4, -0.2) is 12.1 Å². The summed E-state index contributed by atoms with van der Waals surface area (Å²) in [6, 6.07) is 14.2. The Morgan fingerprint density at radius 1 is 1.00 bits per heavy atom. The van der Waals surface area contributed by atoms with Crippen molar-refractivity contribution in [1.29, 1.82) is 0 Å². The van der Waals surface area contributed by atoms with Crippen LogP contribution in [0.15, 0.2) is 54.7 Å². The number of benzene rings is 2. The molecule has 2 aromatic carbocycles. The number of ether oxygens (including phenoxy) is 1. The molecular weight excluding hydrogens is 297 g/mol. The Kier molecular flexibility index (Phi) is 5.67. The first kappa shape index (κ1) is 16.2. The molecule has 3 aromatic rings. The van der Waals surface area contributed by atoms with E-state index in [1.807, 2.05) is 44.3 Å². The summed E-state index contributed by atoms with van der Waals surface area (Å²) in [7, 11) is 1.64. The SMILES string of the molecule is CC.COc1cccc(-c2ncc(-c3ccc(F)cc3)s2)c1. The van der Waals surface area contributed by atoms with Gasteiger partial charge in [-0.3, -0.25) is 0 Å². The van der Waals surface area contributed by atoms with Gasteiger partial charge in [0.25, 0.3) is 0 Å². The Bertz CT molecular complexity index is 722. The van der Waals surface area contributed by atoms with Crippen LogP contribution in [0.4, 0.5) is 4.39 Å². The van der Waals surface area contributed by atoms with Crippen molar-refractivity contribution < 1.29 is 9.13 Å². The van der Waals surface area contributed by atoms with E-state index < -0.39 is 0 Å². The summed E-state index contributed by atoms with van der Waals surface area (Å²) < 4.78 is 18.1.